The molecular weight excluding hydrogens is 311 g/mol. The maximum absolute atomic E-state index is 6.07. The fourth-order valence-corrected chi connectivity index (χ4v) is 3.68. The van der Waals surface area contributed by atoms with Crippen LogP contribution >= 0.6 is 34.5 Å². The van der Waals surface area contributed by atoms with Crippen LogP contribution < -0.4 is 5.32 Å². The lowest BCUT2D eigenvalue weighted by atomic mass is 10.1. The molecule has 0 amide bonds. The number of nitrogens with zero attached hydrogens (tertiary/aromatic N) is 1. The second-order valence-electron chi connectivity index (χ2n) is 4.92. The highest BCUT2D eigenvalue weighted by Gasteiger charge is 2.15. The van der Waals surface area contributed by atoms with E-state index in [1.54, 1.807) is 17.4 Å². The monoisotopic (exact) mass is 328 g/mol. The van der Waals surface area contributed by atoms with Gasteiger partial charge in [-0.3, -0.25) is 0 Å². The molecular formula is C15H18Cl2N2S. The third kappa shape index (κ3) is 3.73. The van der Waals surface area contributed by atoms with Crippen LogP contribution in [0.5, 0.6) is 0 Å². The van der Waals surface area contributed by atoms with Gasteiger partial charge in [-0.05, 0) is 30.7 Å². The molecule has 1 aromatic carbocycles. The highest BCUT2D eigenvalue weighted by Crippen LogP contribution is 2.34. The molecule has 2 nitrogen and oxygen atoms in total. The second-order valence-corrected chi connectivity index (χ2v) is 6.88. The van der Waals surface area contributed by atoms with Crippen LogP contribution in [-0.4, -0.2) is 11.5 Å². The van der Waals surface area contributed by atoms with E-state index >= 15 is 0 Å². The standard InChI is InChI=1S/C15H18Cl2N2S/c1-4-18-8-13-14(9(2)3)19-15(20-13)10-5-11(16)7-12(17)6-10/h5-7,9,18H,4,8H2,1-3H3. The van der Waals surface area contributed by atoms with E-state index in [-0.39, 0.29) is 0 Å². The van der Waals surface area contributed by atoms with Crippen molar-refractivity contribution in [1.82, 2.24) is 10.3 Å². The van der Waals surface area contributed by atoms with Gasteiger partial charge in [0.1, 0.15) is 5.01 Å². The topological polar surface area (TPSA) is 24.9 Å². The summed E-state index contributed by atoms with van der Waals surface area (Å²) in [7, 11) is 0. The summed E-state index contributed by atoms with van der Waals surface area (Å²) in [6.07, 6.45) is 0. The number of hydrogen-bond donors (Lipinski definition) is 1. The summed E-state index contributed by atoms with van der Waals surface area (Å²) < 4.78 is 0. The van der Waals surface area contributed by atoms with Crippen LogP contribution in [0.25, 0.3) is 10.6 Å². The third-order valence-corrected chi connectivity index (χ3v) is 4.48. The van der Waals surface area contributed by atoms with Gasteiger partial charge in [0.05, 0.1) is 5.69 Å². The summed E-state index contributed by atoms with van der Waals surface area (Å²) >= 11 is 13.9. The van der Waals surface area contributed by atoms with Gasteiger partial charge in [-0.1, -0.05) is 44.0 Å². The van der Waals surface area contributed by atoms with Crippen LogP contribution in [0.4, 0.5) is 0 Å². The molecule has 0 radical (unpaired) electrons. The Morgan fingerprint density at radius 1 is 1.20 bits per heavy atom. The molecule has 0 atom stereocenters. The van der Waals surface area contributed by atoms with Gasteiger partial charge in [-0.2, -0.15) is 0 Å². The minimum absolute atomic E-state index is 0.406. The highest BCUT2D eigenvalue weighted by atomic mass is 35.5. The Bertz CT molecular complexity index is 573. The fraction of sp³-hybridized carbons (Fsp3) is 0.400. The average molecular weight is 329 g/mol. The van der Waals surface area contributed by atoms with Crippen molar-refractivity contribution < 1.29 is 0 Å². The Kier molecular flexibility index (Phi) is 5.44. The number of halogens is 2. The first kappa shape index (κ1) is 15.8. The summed E-state index contributed by atoms with van der Waals surface area (Å²) in [6.45, 7) is 8.25. The van der Waals surface area contributed by atoms with Gasteiger partial charge in [0, 0.05) is 27.0 Å². The minimum atomic E-state index is 0.406. The maximum Gasteiger partial charge on any atom is 0.124 e. The molecule has 1 heterocycles. The van der Waals surface area contributed by atoms with E-state index in [0.717, 1.165) is 29.4 Å². The molecule has 5 heteroatoms. The smallest absolute Gasteiger partial charge is 0.124 e. The molecule has 20 heavy (non-hydrogen) atoms. The molecule has 0 aliphatic carbocycles. The first-order valence-corrected chi connectivity index (χ1v) is 8.25. The van der Waals surface area contributed by atoms with Gasteiger partial charge >= 0.3 is 0 Å². The van der Waals surface area contributed by atoms with Gasteiger partial charge in [-0.15, -0.1) is 11.3 Å². The molecule has 0 unspecified atom stereocenters. The van der Waals surface area contributed by atoms with Gasteiger partial charge in [0.15, 0.2) is 0 Å². The lowest BCUT2D eigenvalue weighted by Gasteiger charge is -2.04. The van der Waals surface area contributed by atoms with Crippen molar-refractivity contribution in [2.75, 3.05) is 6.54 Å². The van der Waals surface area contributed by atoms with E-state index in [1.807, 2.05) is 12.1 Å². The molecule has 1 aromatic heterocycles. The molecule has 2 rings (SSSR count). The summed E-state index contributed by atoms with van der Waals surface area (Å²) in [5.74, 6) is 0.406. The van der Waals surface area contributed by atoms with Gasteiger partial charge < -0.3 is 5.32 Å². The summed E-state index contributed by atoms with van der Waals surface area (Å²) in [5.41, 5.74) is 2.14. The number of nitrogens with one attached hydrogen (secondary N) is 1. The molecule has 0 fully saturated rings. The molecule has 1 N–H and O–H groups in total. The lowest BCUT2D eigenvalue weighted by Crippen LogP contribution is -2.12. The molecule has 0 saturated carbocycles. The molecule has 0 bridgehead atoms. The molecule has 2 aromatic rings. The van der Waals surface area contributed by atoms with Crippen LogP contribution in [0.3, 0.4) is 0 Å². The molecule has 108 valence electrons. The molecule has 0 aliphatic heterocycles. The van der Waals surface area contributed by atoms with Crippen molar-refractivity contribution >= 4 is 34.5 Å². The Balaban J connectivity index is 2.41. The van der Waals surface area contributed by atoms with E-state index in [2.05, 4.69) is 26.1 Å². The van der Waals surface area contributed by atoms with Crippen LogP contribution in [-0.2, 0) is 6.54 Å². The minimum Gasteiger partial charge on any atom is -0.312 e. The zero-order valence-corrected chi connectivity index (χ0v) is 14.2. The quantitative estimate of drug-likeness (QED) is 0.800. The van der Waals surface area contributed by atoms with E-state index in [4.69, 9.17) is 28.2 Å². The summed E-state index contributed by atoms with van der Waals surface area (Å²) in [5, 5.41) is 5.62. The molecule has 0 spiro atoms. The average Bonchev–Trinajstić information content (AvgIpc) is 2.79. The number of aromatic nitrogens is 1. The van der Waals surface area contributed by atoms with E-state index in [9.17, 15) is 0 Å². The van der Waals surface area contributed by atoms with Crippen molar-refractivity contribution in [2.45, 2.75) is 33.2 Å². The van der Waals surface area contributed by atoms with Crippen molar-refractivity contribution in [3.8, 4) is 10.6 Å². The van der Waals surface area contributed by atoms with Gasteiger partial charge in [-0.25, -0.2) is 4.98 Å². The van der Waals surface area contributed by atoms with Crippen molar-refractivity contribution in [3.63, 3.8) is 0 Å². The number of benzene rings is 1. The zero-order valence-electron chi connectivity index (χ0n) is 11.8. The summed E-state index contributed by atoms with van der Waals surface area (Å²) in [4.78, 5) is 6.06. The SMILES string of the molecule is CCNCc1sc(-c2cc(Cl)cc(Cl)c2)nc1C(C)C. The zero-order chi connectivity index (χ0) is 14.7. The molecule has 0 aliphatic rings. The lowest BCUT2D eigenvalue weighted by molar-refractivity contribution is 0.714. The normalized spacial score (nSPS) is 11.3. The Morgan fingerprint density at radius 3 is 2.40 bits per heavy atom. The van der Waals surface area contributed by atoms with Gasteiger partial charge in [0.25, 0.3) is 0 Å². The Labute approximate surface area is 134 Å². The van der Waals surface area contributed by atoms with E-state index in [0.29, 0.717) is 16.0 Å². The first-order chi connectivity index (χ1) is 9.51. The first-order valence-electron chi connectivity index (χ1n) is 6.68. The van der Waals surface area contributed by atoms with Gasteiger partial charge in [0.2, 0.25) is 0 Å². The molecule has 0 saturated heterocycles. The van der Waals surface area contributed by atoms with Crippen LogP contribution in [0.1, 0.15) is 37.3 Å². The third-order valence-electron chi connectivity index (χ3n) is 2.92. The van der Waals surface area contributed by atoms with Crippen molar-refractivity contribution in [3.05, 3.63) is 38.8 Å². The number of rotatable bonds is 5. The van der Waals surface area contributed by atoms with Crippen LogP contribution in [0.15, 0.2) is 18.2 Å². The second kappa shape index (κ2) is 6.90. The maximum atomic E-state index is 6.07. The Hall–Kier alpha value is -0.610. The largest absolute Gasteiger partial charge is 0.312 e. The Morgan fingerprint density at radius 2 is 1.85 bits per heavy atom. The highest BCUT2D eigenvalue weighted by molar-refractivity contribution is 7.15. The number of thiazole rings is 1. The van der Waals surface area contributed by atoms with E-state index < -0.39 is 0 Å². The van der Waals surface area contributed by atoms with E-state index in [1.165, 1.54) is 4.88 Å². The van der Waals surface area contributed by atoms with Crippen LogP contribution in [0, 0.1) is 0 Å². The number of hydrogen-bond acceptors (Lipinski definition) is 3. The van der Waals surface area contributed by atoms with Crippen LogP contribution in [0.2, 0.25) is 10.0 Å². The predicted octanol–water partition coefficient (Wildman–Crippen LogP) is 5.35. The predicted molar refractivity (Wildman–Crippen MR) is 89.0 cm³/mol. The fourth-order valence-electron chi connectivity index (χ4n) is 1.98. The van der Waals surface area contributed by atoms with Crippen molar-refractivity contribution in [2.24, 2.45) is 0 Å². The van der Waals surface area contributed by atoms with Crippen molar-refractivity contribution in [1.29, 1.82) is 0 Å². The summed E-state index contributed by atoms with van der Waals surface area (Å²) in [6, 6.07) is 5.56.